The molecule has 1 amide bonds. The molecule has 0 atom stereocenters. The second kappa shape index (κ2) is 6.50. The van der Waals surface area contributed by atoms with Crippen LogP contribution in [0, 0.1) is 6.92 Å². The van der Waals surface area contributed by atoms with Crippen LogP contribution in [0.2, 0.25) is 10.2 Å². The number of hydrogen-bond acceptors (Lipinski definition) is 5. The molecular formula is C20H19Cl2N5O2. The molecule has 3 saturated carbocycles. The van der Waals surface area contributed by atoms with E-state index in [1.807, 2.05) is 23.6 Å². The van der Waals surface area contributed by atoms with Crippen LogP contribution >= 0.6 is 23.2 Å². The Morgan fingerprint density at radius 2 is 2.03 bits per heavy atom. The van der Waals surface area contributed by atoms with Gasteiger partial charge in [0, 0.05) is 34.6 Å². The third-order valence-corrected chi connectivity index (χ3v) is 6.29. The number of rotatable bonds is 6. The number of hydrogen-bond donors (Lipinski definition) is 2. The van der Waals surface area contributed by atoms with E-state index in [0.29, 0.717) is 21.9 Å². The molecule has 3 aromatic rings. The quantitative estimate of drug-likeness (QED) is 0.582. The summed E-state index contributed by atoms with van der Waals surface area (Å²) in [4.78, 5) is 21.0. The zero-order chi connectivity index (χ0) is 20.2. The number of aryl methyl sites for hydroxylation is 1. The molecule has 2 heterocycles. The van der Waals surface area contributed by atoms with Crippen molar-refractivity contribution in [3.63, 3.8) is 0 Å². The van der Waals surface area contributed by atoms with Crippen LogP contribution in [0.1, 0.15) is 24.8 Å². The maximum Gasteiger partial charge on any atom is 0.258 e. The van der Waals surface area contributed by atoms with Crippen molar-refractivity contribution in [3.05, 3.63) is 52.4 Å². The van der Waals surface area contributed by atoms with Crippen LogP contribution < -0.4 is 15.4 Å². The number of carbonyl (C=O) groups excluding carboxylic acids is 1. The van der Waals surface area contributed by atoms with Crippen molar-refractivity contribution >= 4 is 40.7 Å². The highest BCUT2D eigenvalue weighted by Gasteiger charge is 2.69. The van der Waals surface area contributed by atoms with Crippen LogP contribution in [0.5, 0.6) is 5.75 Å². The van der Waals surface area contributed by atoms with Crippen molar-refractivity contribution in [2.45, 2.75) is 37.3 Å². The monoisotopic (exact) mass is 431 g/mol. The molecule has 0 spiro atoms. The predicted octanol–water partition coefficient (Wildman–Crippen LogP) is 3.63. The Morgan fingerprint density at radius 1 is 1.24 bits per heavy atom. The predicted molar refractivity (Wildman–Crippen MR) is 111 cm³/mol. The Balaban J connectivity index is 1.16. The van der Waals surface area contributed by atoms with Crippen molar-refractivity contribution in [2.24, 2.45) is 0 Å². The topological polar surface area (TPSA) is 80.5 Å². The number of nitrogens with zero attached hydrogens (tertiary/aromatic N) is 3. The minimum Gasteiger partial charge on any atom is -0.484 e. The van der Waals surface area contributed by atoms with Crippen LogP contribution in [0.4, 0.5) is 5.95 Å². The summed E-state index contributed by atoms with van der Waals surface area (Å²) in [6, 6.07) is 7.07. The summed E-state index contributed by atoms with van der Waals surface area (Å²) in [7, 11) is 0. The van der Waals surface area contributed by atoms with E-state index in [0.717, 1.165) is 30.5 Å². The number of fused-ring (bicyclic) bond motifs is 1. The number of imidazole rings is 1. The number of carbonyl (C=O) groups is 1. The fourth-order valence-corrected chi connectivity index (χ4v) is 4.76. The van der Waals surface area contributed by atoms with Gasteiger partial charge in [0.2, 0.25) is 5.95 Å². The summed E-state index contributed by atoms with van der Waals surface area (Å²) in [6.07, 6.45) is 6.09. The third kappa shape index (κ3) is 3.28. The number of anilines is 1. The molecule has 7 nitrogen and oxygen atoms in total. The maximum absolute atomic E-state index is 12.3. The fraction of sp³-hybridized carbons (Fsp3) is 0.350. The van der Waals surface area contributed by atoms with Gasteiger partial charge < -0.3 is 15.4 Å². The van der Waals surface area contributed by atoms with Gasteiger partial charge in [0.1, 0.15) is 16.5 Å². The minimum atomic E-state index is -0.157. The molecule has 0 radical (unpaired) electrons. The lowest BCUT2D eigenvalue weighted by Crippen LogP contribution is -2.81. The van der Waals surface area contributed by atoms with Gasteiger partial charge in [-0.05, 0) is 49.9 Å². The average molecular weight is 432 g/mol. The Hall–Kier alpha value is -2.51. The van der Waals surface area contributed by atoms with Gasteiger partial charge in [-0.15, -0.1) is 0 Å². The molecule has 0 unspecified atom stereocenters. The van der Waals surface area contributed by atoms with Crippen LogP contribution in [-0.4, -0.2) is 38.0 Å². The zero-order valence-corrected chi connectivity index (χ0v) is 17.2. The van der Waals surface area contributed by atoms with E-state index < -0.39 is 0 Å². The van der Waals surface area contributed by atoms with E-state index >= 15 is 0 Å². The molecule has 150 valence electrons. The molecule has 9 heteroatoms. The molecule has 2 N–H and O–H groups in total. The van der Waals surface area contributed by atoms with E-state index in [1.54, 1.807) is 24.4 Å². The van der Waals surface area contributed by atoms with Crippen LogP contribution in [0.3, 0.4) is 0 Å². The molecule has 2 bridgehead atoms. The van der Waals surface area contributed by atoms with Gasteiger partial charge in [-0.2, -0.15) is 0 Å². The smallest absolute Gasteiger partial charge is 0.258 e. The number of amides is 1. The first-order valence-corrected chi connectivity index (χ1v) is 10.1. The molecule has 3 aliphatic carbocycles. The summed E-state index contributed by atoms with van der Waals surface area (Å²) in [6.45, 7) is 1.88. The molecule has 29 heavy (non-hydrogen) atoms. The molecule has 6 rings (SSSR count). The standard InChI is InChI=1S/C20H19Cl2N5O2/c1-12-6-13(2-3-14(12)21)29-8-17(28)25-19-9-20(10-19,11-19)26-18-24-15(22)7-16-23-4-5-27(16)18/h2-7H,8-11H2,1H3,(H,24,26)(H,25,28). The van der Waals surface area contributed by atoms with Gasteiger partial charge in [0.25, 0.3) is 5.91 Å². The molecule has 0 saturated heterocycles. The maximum atomic E-state index is 12.3. The minimum absolute atomic E-state index is 0.0191. The second-order valence-corrected chi connectivity index (χ2v) is 8.82. The SMILES string of the molecule is Cc1cc(OCC(=O)NC23CC(Nc4nc(Cl)cc5nccn45)(C2)C3)ccc1Cl. The molecule has 3 aliphatic rings. The van der Waals surface area contributed by atoms with E-state index in [9.17, 15) is 4.79 Å². The summed E-state index contributed by atoms with van der Waals surface area (Å²) in [5.74, 6) is 1.18. The van der Waals surface area contributed by atoms with Gasteiger partial charge in [-0.1, -0.05) is 23.2 Å². The van der Waals surface area contributed by atoms with E-state index in [-0.39, 0.29) is 23.6 Å². The number of benzene rings is 1. The molecule has 1 aromatic carbocycles. The summed E-state index contributed by atoms with van der Waals surface area (Å²) in [5, 5.41) is 7.68. The van der Waals surface area contributed by atoms with Gasteiger partial charge in [-0.25, -0.2) is 9.97 Å². The first-order valence-electron chi connectivity index (χ1n) is 9.33. The number of ether oxygens (including phenoxy) is 1. The van der Waals surface area contributed by atoms with Crippen LogP contribution in [0.25, 0.3) is 5.65 Å². The van der Waals surface area contributed by atoms with Crippen LogP contribution in [-0.2, 0) is 4.79 Å². The highest BCUT2D eigenvalue weighted by Crippen LogP contribution is 2.61. The second-order valence-electron chi connectivity index (χ2n) is 8.02. The Morgan fingerprint density at radius 3 is 2.79 bits per heavy atom. The first kappa shape index (κ1) is 18.5. The first-order chi connectivity index (χ1) is 13.9. The number of nitrogens with one attached hydrogen (secondary N) is 2. The lowest BCUT2D eigenvalue weighted by atomic mass is 9.44. The lowest BCUT2D eigenvalue weighted by Gasteiger charge is -2.70. The Labute approximate surface area is 177 Å². The van der Waals surface area contributed by atoms with E-state index in [2.05, 4.69) is 20.6 Å². The number of aromatic nitrogens is 3. The molecule has 2 aromatic heterocycles. The largest absolute Gasteiger partial charge is 0.484 e. The van der Waals surface area contributed by atoms with Gasteiger partial charge in [0.15, 0.2) is 6.61 Å². The van der Waals surface area contributed by atoms with Gasteiger partial charge in [-0.3, -0.25) is 9.20 Å². The summed E-state index contributed by atoms with van der Waals surface area (Å²) >= 11 is 12.1. The van der Waals surface area contributed by atoms with Gasteiger partial charge in [0.05, 0.1) is 0 Å². The van der Waals surface area contributed by atoms with Crippen molar-refractivity contribution in [3.8, 4) is 5.75 Å². The summed E-state index contributed by atoms with van der Waals surface area (Å²) < 4.78 is 7.46. The summed E-state index contributed by atoms with van der Waals surface area (Å²) in [5.41, 5.74) is 1.45. The molecular weight excluding hydrogens is 413 g/mol. The highest BCUT2D eigenvalue weighted by atomic mass is 35.5. The zero-order valence-electron chi connectivity index (χ0n) is 15.7. The van der Waals surface area contributed by atoms with E-state index in [1.165, 1.54) is 0 Å². The van der Waals surface area contributed by atoms with Crippen molar-refractivity contribution < 1.29 is 9.53 Å². The normalized spacial score (nSPS) is 24.5. The van der Waals surface area contributed by atoms with E-state index in [4.69, 9.17) is 27.9 Å². The van der Waals surface area contributed by atoms with Gasteiger partial charge >= 0.3 is 0 Å². The lowest BCUT2D eigenvalue weighted by molar-refractivity contribution is -0.135. The molecule has 0 aliphatic heterocycles. The molecule has 3 fully saturated rings. The fourth-order valence-electron chi connectivity index (χ4n) is 4.46. The van der Waals surface area contributed by atoms with Crippen molar-refractivity contribution in [2.75, 3.05) is 11.9 Å². The Kier molecular flexibility index (Phi) is 4.15. The average Bonchev–Trinajstić information content (AvgIpc) is 3.08. The highest BCUT2D eigenvalue weighted by molar-refractivity contribution is 6.31. The Bertz CT molecular complexity index is 1110. The number of halogens is 2. The van der Waals surface area contributed by atoms with Crippen molar-refractivity contribution in [1.82, 2.24) is 19.7 Å². The van der Waals surface area contributed by atoms with Crippen molar-refractivity contribution in [1.29, 1.82) is 0 Å². The van der Waals surface area contributed by atoms with Crippen LogP contribution in [0.15, 0.2) is 36.7 Å². The third-order valence-electron chi connectivity index (χ3n) is 5.67.